The number of methoxy groups -OCH3 is 1. The van der Waals surface area contributed by atoms with Crippen LogP contribution in [0.25, 0.3) is 16.6 Å². The summed E-state index contributed by atoms with van der Waals surface area (Å²) in [6.45, 7) is 4.67. The fraction of sp³-hybridized carbons (Fsp3) is 0.318. The van der Waals surface area contributed by atoms with Gasteiger partial charge < -0.3 is 14.5 Å². The Morgan fingerprint density at radius 3 is 2.50 bits per heavy atom. The quantitative estimate of drug-likeness (QED) is 0.618. The molecule has 4 rings (SSSR count). The maximum absolute atomic E-state index is 14.3. The average Bonchev–Trinajstić information content (AvgIpc) is 2.75. The molecular formula is C22H23FN4O3. The molecule has 2 aromatic carbocycles. The number of anilines is 1. The molecule has 1 fully saturated rings. The second kappa shape index (κ2) is 7.87. The smallest absolute Gasteiger partial charge is 0.337 e. The third-order valence-electron chi connectivity index (χ3n) is 5.47. The van der Waals surface area contributed by atoms with Crippen LogP contribution < -0.4 is 10.5 Å². The van der Waals surface area contributed by atoms with Crippen molar-refractivity contribution in [3.05, 3.63) is 63.7 Å². The number of esters is 1. The Balaban J connectivity index is 1.96. The van der Waals surface area contributed by atoms with E-state index in [9.17, 15) is 14.0 Å². The van der Waals surface area contributed by atoms with Gasteiger partial charge in [-0.2, -0.15) is 0 Å². The van der Waals surface area contributed by atoms with Crippen LogP contribution in [0, 0.1) is 12.7 Å². The number of halogens is 1. The Morgan fingerprint density at radius 2 is 1.83 bits per heavy atom. The van der Waals surface area contributed by atoms with Gasteiger partial charge in [-0.05, 0) is 49.9 Å². The summed E-state index contributed by atoms with van der Waals surface area (Å²) >= 11 is 0. The van der Waals surface area contributed by atoms with Crippen LogP contribution >= 0.6 is 0 Å². The van der Waals surface area contributed by atoms with E-state index in [1.165, 1.54) is 23.8 Å². The van der Waals surface area contributed by atoms with Crippen LogP contribution in [-0.4, -0.2) is 60.8 Å². The number of rotatable bonds is 3. The lowest BCUT2D eigenvalue weighted by Crippen LogP contribution is -2.46. The van der Waals surface area contributed by atoms with Crippen LogP contribution in [0.3, 0.4) is 0 Å². The number of benzene rings is 2. The number of likely N-dealkylation sites (N-methyl/N-ethyl adjacent to an activating group) is 1. The number of ether oxygens (including phenoxy) is 1. The highest BCUT2D eigenvalue weighted by Gasteiger charge is 2.22. The Bertz CT molecular complexity index is 1180. The number of hydrogen-bond acceptors (Lipinski definition) is 6. The third kappa shape index (κ3) is 3.54. The Labute approximate surface area is 173 Å². The predicted octanol–water partition coefficient (Wildman–Crippen LogP) is 2.37. The Morgan fingerprint density at radius 1 is 1.10 bits per heavy atom. The van der Waals surface area contributed by atoms with Crippen molar-refractivity contribution in [2.24, 2.45) is 0 Å². The van der Waals surface area contributed by atoms with Crippen LogP contribution in [-0.2, 0) is 4.74 Å². The van der Waals surface area contributed by atoms with E-state index < -0.39 is 5.97 Å². The Hall–Kier alpha value is -3.26. The number of nitrogens with zero attached hydrogens (tertiary/aromatic N) is 4. The van der Waals surface area contributed by atoms with Crippen molar-refractivity contribution in [3.8, 4) is 5.69 Å². The molecule has 0 atom stereocenters. The highest BCUT2D eigenvalue weighted by molar-refractivity contribution is 5.94. The minimum absolute atomic E-state index is 0.311. The summed E-state index contributed by atoms with van der Waals surface area (Å²) < 4.78 is 20.5. The maximum atomic E-state index is 14.3. The van der Waals surface area contributed by atoms with E-state index in [-0.39, 0.29) is 11.4 Å². The van der Waals surface area contributed by atoms with Crippen molar-refractivity contribution in [3.63, 3.8) is 0 Å². The molecule has 1 aliphatic heterocycles. The summed E-state index contributed by atoms with van der Waals surface area (Å²) in [5.41, 5.74) is 1.34. The average molecular weight is 410 g/mol. The summed E-state index contributed by atoms with van der Waals surface area (Å²) in [6, 6.07) is 9.37. The molecule has 30 heavy (non-hydrogen) atoms. The van der Waals surface area contributed by atoms with Crippen molar-refractivity contribution >= 4 is 22.8 Å². The van der Waals surface area contributed by atoms with E-state index in [2.05, 4.69) is 4.90 Å². The fourth-order valence-electron chi connectivity index (χ4n) is 3.59. The second-order valence-electron chi connectivity index (χ2n) is 7.50. The molecule has 0 spiro atoms. The predicted molar refractivity (Wildman–Crippen MR) is 113 cm³/mol. The largest absolute Gasteiger partial charge is 0.465 e. The van der Waals surface area contributed by atoms with Gasteiger partial charge in [0.15, 0.2) is 0 Å². The molecule has 0 bridgehead atoms. The molecule has 0 N–H and O–H groups in total. The highest BCUT2D eigenvalue weighted by atomic mass is 19.1. The van der Waals surface area contributed by atoms with Crippen molar-refractivity contribution in [2.75, 3.05) is 45.2 Å². The van der Waals surface area contributed by atoms with E-state index >= 15 is 0 Å². The number of aromatic nitrogens is 2. The maximum Gasteiger partial charge on any atom is 0.337 e. The number of hydrogen-bond donors (Lipinski definition) is 0. The van der Waals surface area contributed by atoms with E-state index in [0.717, 1.165) is 13.1 Å². The lowest BCUT2D eigenvalue weighted by atomic mass is 10.1. The van der Waals surface area contributed by atoms with Gasteiger partial charge in [-0.1, -0.05) is 6.07 Å². The van der Waals surface area contributed by atoms with Crippen LogP contribution in [0.4, 0.5) is 10.3 Å². The summed E-state index contributed by atoms with van der Waals surface area (Å²) in [5, 5.41) is 0.349. The van der Waals surface area contributed by atoms with Crippen LogP contribution in [0.1, 0.15) is 15.9 Å². The number of carbonyl (C=O) groups is 1. The first kappa shape index (κ1) is 20.0. The molecule has 1 saturated heterocycles. The molecule has 0 radical (unpaired) electrons. The highest BCUT2D eigenvalue weighted by Crippen LogP contribution is 2.23. The number of aryl methyl sites for hydroxylation is 1. The molecule has 156 valence electrons. The first-order chi connectivity index (χ1) is 14.4. The van der Waals surface area contributed by atoms with E-state index in [1.54, 1.807) is 31.2 Å². The van der Waals surface area contributed by atoms with Gasteiger partial charge in [-0.15, -0.1) is 0 Å². The van der Waals surface area contributed by atoms with Gasteiger partial charge in [0.25, 0.3) is 5.56 Å². The molecule has 3 aromatic rings. The topological polar surface area (TPSA) is 67.7 Å². The standard InChI is InChI=1S/C22H23FN4O3/c1-14-4-6-16(13-18(14)23)27-20(28)17-7-5-15(21(29)30-3)12-19(17)24-22(27)26-10-8-25(2)9-11-26/h4-7,12-13H,8-11H2,1-3H3. The molecule has 1 aliphatic rings. The Kier molecular flexibility index (Phi) is 5.26. The molecule has 0 aliphatic carbocycles. The van der Waals surface area contributed by atoms with Gasteiger partial charge in [0, 0.05) is 26.2 Å². The molecule has 8 heteroatoms. The third-order valence-corrected chi connectivity index (χ3v) is 5.47. The first-order valence-corrected chi connectivity index (χ1v) is 9.74. The van der Waals surface area contributed by atoms with E-state index in [0.29, 0.717) is 46.8 Å². The summed E-state index contributed by atoms with van der Waals surface area (Å²) in [4.78, 5) is 34.3. The monoisotopic (exact) mass is 410 g/mol. The number of piperazine rings is 1. The van der Waals surface area contributed by atoms with Crippen LogP contribution in [0.5, 0.6) is 0 Å². The van der Waals surface area contributed by atoms with Gasteiger partial charge in [0.05, 0.1) is 29.3 Å². The lowest BCUT2D eigenvalue weighted by molar-refractivity contribution is 0.0601. The van der Waals surface area contributed by atoms with Gasteiger partial charge >= 0.3 is 5.97 Å². The zero-order chi connectivity index (χ0) is 21.4. The normalized spacial score (nSPS) is 14.9. The summed E-state index contributed by atoms with van der Waals surface area (Å²) in [5.74, 6) is -0.444. The minimum atomic E-state index is -0.496. The second-order valence-corrected chi connectivity index (χ2v) is 7.50. The van der Waals surface area contributed by atoms with Gasteiger partial charge in [-0.25, -0.2) is 18.7 Å². The zero-order valence-electron chi connectivity index (χ0n) is 17.2. The van der Waals surface area contributed by atoms with Crippen LogP contribution in [0.2, 0.25) is 0 Å². The van der Waals surface area contributed by atoms with Crippen molar-refractivity contribution in [1.29, 1.82) is 0 Å². The number of carbonyl (C=O) groups excluding carboxylic acids is 1. The molecule has 0 amide bonds. The summed E-state index contributed by atoms with van der Waals surface area (Å²) in [6.07, 6.45) is 0. The molecule has 0 saturated carbocycles. The minimum Gasteiger partial charge on any atom is -0.465 e. The van der Waals surface area contributed by atoms with Crippen molar-refractivity contribution in [2.45, 2.75) is 6.92 Å². The summed E-state index contributed by atoms with van der Waals surface area (Å²) in [7, 11) is 3.34. The van der Waals surface area contributed by atoms with Gasteiger partial charge in [0.2, 0.25) is 5.95 Å². The van der Waals surface area contributed by atoms with E-state index in [4.69, 9.17) is 9.72 Å². The SMILES string of the molecule is COC(=O)c1ccc2c(=O)n(-c3ccc(C)c(F)c3)c(N3CCN(C)CC3)nc2c1. The van der Waals surface area contributed by atoms with Crippen molar-refractivity contribution in [1.82, 2.24) is 14.5 Å². The molecule has 0 unspecified atom stereocenters. The number of fused-ring (bicyclic) bond motifs is 1. The lowest BCUT2D eigenvalue weighted by Gasteiger charge is -2.34. The van der Waals surface area contributed by atoms with Gasteiger partial charge in [0.1, 0.15) is 5.82 Å². The van der Waals surface area contributed by atoms with Crippen LogP contribution in [0.15, 0.2) is 41.2 Å². The first-order valence-electron chi connectivity index (χ1n) is 9.74. The van der Waals surface area contributed by atoms with E-state index in [1.807, 2.05) is 11.9 Å². The zero-order valence-corrected chi connectivity index (χ0v) is 17.2. The molecule has 7 nitrogen and oxygen atoms in total. The van der Waals surface area contributed by atoms with Gasteiger partial charge in [-0.3, -0.25) is 4.79 Å². The molecule has 1 aromatic heterocycles. The molecule has 2 heterocycles. The van der Waals surface area contributed by atoms with Crippen molar-refractivity contribution < 1.29 is 13.9 Å². The molecular weight excluding hydrogens is 387 g/mol. The fourth-order valence-corrected chi connectivity index (χ4v) is 3.59.